The summed E-state index contributed by atoms with van der Waals surface area (Å²) in [5.74, 6) is 0.646. The Balaban J connectivity index is 1.96. The van der Waals surface area contributed by atoms with Crippen molar-refractivity contribution >= 4 is 23.4 Å². The van der Waals surface area contributed by atoms with Crippen molar-refractivity contribution in [3.8, 4) is 0 Å². The molecule has 0 bridgehead atoms. The summed E-state index contributed by atoms with van der Waals surface area (Å²) in [5, 5.41) is 0.791. The van der Waals surface area contributed by atoms with Gasteiger partial charge in [0.05, 0.1) is 6.33 Å². The lowest BCUT2D eigenvalue weighted by molar-refractivity contribution is 0.430. The van der Waals surface area contributed by atoms with Gasteiger partial charge in [-0.25, -0.2) is 4.98 Å². The highest BCUT2D eigenvalue weighted by atomic mass is 35.5. The molecule has 1 saturated carbocycles. The first-order chi connectivity index (χ1) is 9.83. The molecule has 20 heavy (non-hydrogen) atoms. The number of aromatic nitrogens is 2. The molecular formula is C17H19ClN2. The summed E-state index contributed by atoms with van der Waals surface area (Å²) in [6.45, 7) is 0. The highest BCUT2D eigenvalue weighted by molar-refractivity contribution is 6.30. The Morgan fingerprint density at radius 2 is 1.90 bits per heavy atom. The van der Waals surface area contributed by atoms with Gasteiger partial charge in [0.1, 0.15) is 0 Å². The fourth-order valence-electron chi connectivity index (χ4n) is 2.98. The molecule has 1 aliphatic carbocycles. The summed E-state index contributed by atoms with van der Waals surface area (Å²) in [6.07, 6.45) is 14.5. The SMILES string of the molecule is Clc1ccc(C(=Cn2ccnc2)C2CCCCC2)cc1. The molecule has 0 radical (unpaired) electrons. The zero-order valence-electron chi connectivity index (χ0n) is 11.5. The molecule has 3 rings (SSSR count). The molecule has 1 aromatic heterocycles. The van der Waals surface area contributed by atoms with Crippen molar-refractivity contribution in [3.05, 3.63) is 53.6 Å². The van der Waals surface area contributed by atoms with Crippen LogP contribution in [0.3, 0.4) is 0 Å². The molecule has 0 aliphatic heterocycles. The first-order valence-electron chi connectivity index (χ1n) is 7.28. The summed E-state index contributed by atoms with van der Waals surface area (Å²) in [5.41, 5.74) is 2.68. The van der Waals surface area contributed by atoms with E-state index in [1.807, 2.05) is 35.4 Å². The van der Waals surface area contributed by atoms with Gasteiger partial charge >= 0.3 is 0 Å². The number of hydrogen-bond acceptors (Lipinski definition) is 1. The van der Waals surface area contributed by atoms with Crippen LogP contribution >= 0.6 is 11.6 Å². The molecule has 0 saturated heterocycles. The first kappa shape index (κ1) is 13.4. The lowest BCUT2D eigenvalue weighted by atomic mass is 9.81. The molecule has 0 atom stereocenters. The summed E-state index contributed by atoms with van der Waals surface area (Å²) in [7, 11) is 0. The Kier molecular flexibility index (Phi) is 4.22. The molecule has 104 valence electrons. The maximum absolute atomic E-state index is 6.01. The zero-order valence-corrected chi connectivity index (χ0v) is 12.3. The van der Waals surface area contributed by atoms with Crippen molar-refractivity contribution in [2.45, 2.75) is 32.1 Å². The molecule has 0 spiro atoms. The lowest BCUT2D eigenvalue weighted by Gasteiger charge is -2.25. The minimum atomic E-state index is 0.646. The van der Waals surface area contributed by atoms with Crippen LogP contribution in [-0.2, 0) is 0 Å². The summed E-state index contributed by atoms with van der Waals surface area (Å²) in [6, 6.07) is 8.20. The van der Waals surface area contributed by atoms with Gasteiger partial charge in [0.25, 0.3) is 0 Å². The summed E-state index contributed by atoms with van der Waals surface area (Å²) in [4.78, 5) is 4.13. The van der Waals surface area contributed by atoms with Crippen molar-refractivity contribution in [1.29, 1.82) is 0 Å². The summed E-state index contributed by atoms with van der Waals surface area (Å²) >= 11 is 6.01. The van der Waals surface area contributed by atoms with E-state index in [0.717, 1.165) is 5.02 Å². The number of nitrogens with zero attached hydrogens (tertiary/aromatic N) is 2. The number of imidazole rings is 1. The average molecular weight is 287 g/mol. The van der Waals surface area contributed by atoms with Gasteiger partial charge in [0.2, 0.25) is 0 Å². The molecule has 2 nitrogen and oxygen atoms in total. The summed E-state index contributed by atoms with van der Waals surface area (Å²) < 4.78 is 2.04. The van der Waals surface area contributed by atoms with Crippen molar-refractivity contribution in [2.24, 2.45) is 5.92 Å². The van der Waals surface area contributed by atoms with Gasteiger partial charge < -0.3 is 4.57 Å². The maximum atomic E-state index is 6.01. The quantitative estimate of drug-likeness (QED) is 0.766. The predicted octanol–water partition coefficient (Wildman–Crippen LogP) is 5.11. The second kappa shape index (κ2) is 6.27. The van der Waals surface area contributed by atoms with E-state index in [9.17, 15) is 0 Å². The Hall–Kier alpha value is -1.54. The van der Waals surface area contributed by atoms with E-state index in [0.29, 0.717) is 5.92 Å². The third-order valence-electron chi connectivity index (χ3n) is 4.04. The molecule has 0 N–H and O–H groups in total. The van der Waals surface area contributed by atoms with Crippen LogP contribution in [0.15, 0.2) is 43.0 Å². The highest BCUT2D eigenvalue weighted by Crippen LogP contribution is 2.36. The van der Waals surface area contributed by atoms with Crippen LogP contribution in [0.5, 0.6) is 0 Å². The standard InChI is InChI=1S/C17H19ClN2/c18-16-8-6-15(7-9-16)17(12-20-11-10-19-13-20)14-4-2-1-3-5-14/h6-14H,1-5H2. The molecule has 1 aliphatic rings. The fourth-order valence-corrected chi connectivity index (χ4v) is 3.10. The Bertz CT molecular complexity index is 564. The largest absolute Gasteiger partial charge is 0.313 e. The second-order valence-electron chi connectivity index (χ2n) is 5.44. The van der Waals surface area contributed by atoms with Gasteiger partial charge in [-0.05, 0) is 42.0 Å². The minimum Gasteiger partial charge on any atom is -0.313 e. The van der Waals surface area contributed by atoms with E-state index in [2.05, 4.69) is 23.3 Å². The highest BCUT2D eigenvalue weighted by Gasteiger charge is 2.19. The van der Waals surface area contributed by atoms with E-state index in [1.165, 1.54) is 43.2 Å². The van der Waals surface area contributed by atoms with E-state index in [-0.39, 0.29) is 0 Å². The van der Waals surface area contributed by atoms with Gasteiger partial charge in [-0.1, -0.05) is 43.0 Å². The average Bonchev–Trinajstić information content (AvgIpc) is 3.00. The number of allylic oxidation sites excluding steroid dienone is 1. The molecular weight excluding hydrogens is 268 g/mol. The third-order valence-corrected chi connectivity index (χ3v) is 4.29. The first-order valence-corrected chi connectivity index (χ1v) is 7.66. The number of benzene rings is 1. The van der Waals surface area contributed by atoms with Crippen LogP contribution in [0, 0.1) is 5.92 Å². The molecule has 2 aromatic rings. The lowest BCUT2D eigenvalue weighted by Crippen LogP contribution is -2.09. The van der Waals surface area contributed by atoms with Crippen LogP contribution in [-0.4, -0.2) is 9.55 Å². The molecule has 0 unspecified atom stereocenters. The fraction of sp³-hybridized carbons (Fsp3) is 0.353. The van der Waals surface area contributed by atoms with Crippen LogP contribution < -0.4 is 0 Å². The van der Waals surface area contributed by atoms with Crippen LogP contribution in [0.4, 0.5) is 0 Å². The zero-order chi connectivity index (χ0) is 13.8. The van der Waals surface area contributed by atoms with Crippen molar-refractivity contribution in [2.75, 3.05) is 0 Å². The number of rotatable bonds is 3. The molecule has 3 heteroatoms. The molecule has 0 amide bonds. The number of hydrogen-bond donors (Lipinski definition) is 0. The van der Waals surface area contributed by atoms with E-state index < -0.39 is 0 Å². The molecule has 1 fully saturated rings. The van der Waals surface area contributed by atoms with Gasteiger partial charge in [-0.3, -0.25) is 0 Å². The van der Waals surface area contributed by atoms with Gasteiger partial charge in [-0.15, -0.1) is 0 Å². The van der Waals surface area contributed by atoms with Gasteiger partial charge in [0, 0.05) is 23.6 Å². The van der Waals surface area contributed by atoms with Crippen molar-refractivity contribution in [1.82, 2.24) is 9.55 Å². The molecule has 1 aromatic carbocycles. The van der Waals surface area contributed by atoms with Gasteiger partial charge in [0.15, 0.2) is 0 Å². The topological polar surface area (TPSA) is 17.8 Å². The van der Waals surface area contributed by atoms with E-state index in [4.69, 9.17) is 11.6 Å². The van der Waals surface area contributed by atoms with E-state index >= 15 is 0 Å². The minimum absolute atomic E-state index is 0.646. The van der Waals surface area contributed by atoms with E-state index in [1.54, 1.807) is 0 Å². The Morgan fingerprint density at radius 1 is 1.15 bits per heavy atom. The van der Waals surface area contributed by atoms with Crippen LogP contribution in [0.1, 0.15) is 37.7 Å². The van der Waals surface area contributed by atoms with Crippen LogP contribution in [0.2, 0.25) is 5.02 Å². The third kappa shape index (κ3) is 3.13. The predicted molar refractivity (Wildman–Crippen MR) is 84.4 cm³/mol. The van der Waals surface area contributed by atoms with Crippen LogP contribution in [0.25, 0.3) is 11.8 Å². The normalized spacial score (nSPS) is 17.4. The van der Waals surface area contributed by atoms with Gasteiger partial charge in [-0.2, -0.15) is 0 Å². The van der Waals surface area contributed by atoms with Crippen molar-refractivity contribution < 1.29 is 0 Å². The number of halogens is 1. The molecule has 1 heterocycles. The second-order valence-corrected chi connectivity index (χ2v) is 5.87. The smallest absolute Gasteiger partial charge is 0.0986 e. The maximum Gasteiger partial charge on any atom is 0.0986 e. The van der Waals surface area contributed by atoms with Crippen molar-refractivity contribution in [3.63, 3.8) is 0 Å². The monoisotopic (exact) mass is 286 g/mol. The Labute approximate surface area is 125 Å². The Morgan fingerprint density at radius 3 is 2.55 bits per heavy atom.